The van der Waals surface area contributed by atoms with Crippen LogP contribution in [0.5, 0.6) is 0 Å². The number of nitrogens with zero attached hydrogens (tertiary/aromatic N) is 1. The van der Waals surface area contributed by atoms with Crippen LogP contribution >= 0.6 is 0 Å². The summed E-state index contributed by atoms with van der Waals surface area (Å²) in [5, 5.41) is 2.67. The molecule has 0 N–H and O–H groups in total. The highest BCUT2D eigenvalue weighted by atomic mass is 14.9. The predicted molar refractivity (Wildman–Crippen MR) is 226 cm³/mol. The van der Waals surface area contributed by atoms with Gasteiger partial charge >= 0.3 is 0 Å². The van der Waals surface area contributed by atoms with Crippen molar-refractivity contribution in [3.05, 3.63) is 239 Å². The third-order valence-corrected chi connectivity index (χ3v) is 12.2. The Morgan fingerprint density at radius 1 is 0.315 bits per heavy atom. The maximum atomic E-state index is 2.42. The largest absolute Gasteiger partial charge is 0.344 e. The molecule has 0 amide bonds. The Kier molecular flexibility index (Phi) is 7.35. The maximum absolute atomic E-state index is 2.42. The molecule has 0 fully saturated rings. The van der Waals surface area contributed by atoms with E-state index in [4.69, 9.17) is 0 Å². The fourth-order valence-corrected chi connectivity index (χ4v) is 10.2. The average molecular weight is 692 g/mol. The number of benzene rings is 8. The van der Waals surface area contributed by atoms with Crippen molar-refractivity contribution < 1.29 is 0 Å². The van der Waals surface area contributed by atoms with Crippen molar-refractivity contribution in [2.45, 2.75) is 24.7 Å². The van der Waals surface area contributed by atoms with Gasteiger partial charge in [0.15, 0.2) is 0 Å². The smallest absolute Gasteiger partial charge is 0.0713 e. The van der Waals surface area contributed by atoms with Gasteiger partial charge in [0.25, 0.3) is 0 Å². The number of aryl methyl sites for hydroxylation is 1. The van der Waals surface area contributed by atoms with E-state index in [1.54, 1.807) is 0 Å². The highest BCUT2D eigenvalue weighted by Gasteiger charge is 2.49. The van der Waals surface area contributed by atoms with Crippen LogP contribution in [0.1, 0.15) is 58.4 Å². The van der Waals surface area contributed by atoms with Gasteiger partial charge in [-0.3, -0.25) is 0 Å². The first kappa shape index (κ1) is 32.2. The molecule has 2 aliphatic carbocycles. The van der Waals surface area contributed by atoms with Crippen LogP contribution in [0.25, 0.3) is 44.1 Å². The predicted octanol–water partition coefficient (Wildman–Crippen LogP) is 13.1. The molecule has 0 atom stereocenters. The molecular formula is C53H41N. The molecule has 0 bridgehead atoms. The van der Waals surface area contributed by atoms with E-state index in [0.717, 1.165) is 0 Å². The summed E-state index contributed by atoms with van der Waals surface area (Å²) in [5.41, 5.74) is 17.4. The van der Waals surface area contributed by atoms with Gasteiger partial charge in [0.2, 0.25) is 0 Å². The summed E-state index contributed by atoms with van der Waals surface area (Å²) in [6.07, 6.45) is 0. The molecule has 258 valence electrons. The Morgan fingerprint density at radius 3 is 0.944 bits per heavy atom. The summed E-state index contributed by atoms with van der Waals surface area (Å²) in [7, 11) is 2.24. The molecule has 0 radical (unpaired) electrons. The molecule has 8 aromatic carbocycles. The molecular weight excluding hydrogens is 651 g/mol. The number of hydrogen-bond donors (Lipinski definition) is 0. The lowest BCUT2D eigenvalue weighted by Crippen LogP contribution is -2.28. The first-order valence-corrected chi connectivity index (χ1v) is 19.3. The molecule has 1 heterocycles. The van der Waals surface area contributed by atoms with E-state index >= 15 is 0 Å². The van der Waals surface area contributed by atoms with Gasteiger partial charge in [-0.15, -0.1) is 0 Å². The molecule has 54 heavy (non-hydrogen) atoms. The molecule has 0 spiro atoms. The van der Waals surface area contributed by atoms with Gasteiger partial charge in [0.05, 0.1) is 10.8 Å². The van der Waals surface area contributed by atoms with Crippen molar-refractivity contribution in [2.24, 2.45) is 7.05 Å². The lowest BCUT2D eigenvalue weighted by Gasteiger charge is -2.34. The van der Waals surface area contributed by atoms with Crippen LogP contribution in [-0.2, 0) is 17.9 Å². The average Bonchev–Trinajstić information content (AvgIpc) is 3.85. The first-order chi connectivity index (χ1) is 26.8. The lowest BCUT2D eigenvalue weighted by atomic mass is 9.67. The number of hydrogen-bond acceptors (Lipinski definition) is 0. The number of rotatable bonds is 4. The Hall–Kier alpha value is -6.44. The molecule has 1 aromatic heterocycles. The standard InChI is InChI=1S/C51H35N.C2H6/c1-52-44-32-30-42-46(38-26-14-16-28-40(38)50(42,34-18-6-2-7-19-34)35-20-8-3-9-21-35)48(44)49-45(52)33-31-43-47(49)39-27-15-17-29-41(39)51(43,36-22-10-4-11-23-36)37-24-12-5-13-25-37;1-2/h2-33H,1H3;1-2H3. The summed E-state index contributed by atoms with van der Waals surface area (Å²) in [4.78, 5) is 0. The van der Waals surface area contributed by atoms with Crippen LogP contribution in [0.3, 0.4) is 0 Å². The van der Waals surface area contributed by atoms with Crippen LogP contribution in [-0.4, -0.2) is 4.57 Å². The van der Waals surface area contributed by atoms with Crippen molar-refractivity contribution in [2.75, 3.05) is 0 Å². The molecule has 2 aliphatic rings. The van der Waals surface area contributed by atoms with Crippen molar-refractivity contribution >= 4 is 21.8 Å². The molecule has 1 nitrogen and oxygen atoms in total. The van der Waals surface area contributed by atoms with Crippen LogP contribution < -0.4 is 0 Å². The maximum Gasteiger partial charge on any atom is 0.0713 e. The van der Waals surface area contributed by atoms with Gasteiger partial charge in [-0.1, -0.05) is 196 Å². The van der Waals surface area contributed by atoms with Crippen LogP contribution in [0, 0.1) is 0 Å². The topological polar surface area (TPSA) is 4.93 Å². The van der Waals surface area contributed by atoms with E-state index in [9.17, 15) is 0 Å². The van der Waals surface area contributed by atoms with E-state index in [-0.39, 0.29) is 0 Å². The van der Waals surface area contributed by atoms with E-state index in [2.05, 4.69) is 206 Å². The fourth-order valence-electron chi connectivity index (χ4n) is 10.2. The van der Waals surface area contributed by atoms with Crippen LogP contribution in [0.15, 0.2) is 194 Å². The first-order valence-electron chi connectivity index (χ1n) is 19.3. The van der Waals surface area contributed by atoms with Gasteiger partial charge in [0, 0.05) is 28.9 Å². The summed E-state index contributed by atoms with van der Waals surface area (Å²) < 4.78 is 2.42. The van der Waals surface area contributed by atoms with E-state index in [0.29, 0.717) is 0 Å². The summed E-state index contributed by atoms with van der Waals surface area (Å²) >= 11 is 0. The number of fused-ring (bicyclic) bond motifs is 11. The molecule has 0 unspecified atom stereocenters. The Balaban J connectivity index is 0.00000178. The van der Waals surface area contributed by atoms with Crippen molar-refractivity contribution in [3.63, 3.8) is 0 Å². The van der Waals surface area contributed by atoms with Gasteiger partial charge in [-0.25, -0.2) is 0 Å². The zero-order valence-electron chi connectivity index (χ0n) is 30.9. The summed E-state index contributed by atoms with van der Waals surface area (Å²) in [5.74, 6) is 0. The van der Waals surface area contributed by atoms with E-state index < -0.39 is 10.8 Å². The Morgan fingerprint density at radius 2 is 0.611 bits per heavy atom. The zero-order valence-corrected chi connectivity index (χ0v) is 30.9. The second-order valence-corrected chi connectivity index (χ2v) is 14.4. The van der Waals surface area contributed by atoms with Crippen LogP contribution in [0.4, 0.5) is 0 Å². The van der Waals surface area contributed by atoms with E-state index in [1.807, 2.05) is 13.8 Å². The van der Waals surface area contributed by atoms with Crippen molar-refractivity contribution in [1.82, 2.24) is 4.57 Å². The molecule has 11 rings (SSSR count). The minimum absolute atomic E-state index is 0.460. The third kappa shape index (κ3) is 4.04. The minimum Gasteiger partial charge on any atom is -0.344 e. The highest BCUT2D eigenvalue weighted by molar-refractivity contribution is 6.23. The molecule has 0 aliphatic heterocycles. The quantitative estimate of drug-likeness (QED) is 0.173. The third-order valence-electron chi connectivity index (χ3n) is 12.2. The van der Waals surface area contributed by atoms with Crippen LogP contribution in [0.2, 0.25) is 0 Å². The van der Waals surface area contributed by atoms with Gasteiger partial charge < -0.3 is 4.57 Å². The minimum atomic E-state index is -0.460. The highest BCUT2D eigenvalue weighted by Crippen LogP contribution is 2.62. The molecule has 1 heteroatoms. The lowest BCUT2D eigenvalue weighted by molar-refractivity contribution is 0.769. The SMILES string of the molecule is CC.Cn1c2ccc3c(c2c2c4c(ccc21)C(c1ccccc1)(c1ccccc1)c1ccccc1-4)-c1ccccc1C3(c1ccccc1)c1ccccc1. The Bertz CT molecular complexity index is 2550. The van der Waals surface area contributed by atoms with Crippen molar-refractivity contribution in [1.29, 1.82) is 0 Å². The van der Waals surface area contributed by atoms with Gasteiger partial charge in [-0.2, -0.15) is 0 Å². The molecule has 0 saturated heterocycles. The normalized spacial score (nSPS) is 14.1. The number of aromatic nitrogens is 1. The second kappa shape index (κ2) is 12.3. The Labute approximate surface area is 317 Å². The molecule has 0 saturated carbocycles. The fraction of sp³-hybridized carbons (Fsp3) is 0.0943. The van der Waals surface area contributed by atoms with Crippen molar-refractivity contribution in [3.8, 4) is 22.3 Å². The monoisotopic (exact) mass is 691 g/mol. The zero-order chi connectivity index (χ0) is 36.4. The second-order valence-electron chi connectivity index (χ2n) is 14.4. The van der Waals surface area contributed by atoms with Gasteiger partial charge in [-0.05, 0) is 78.9 Å². The summed E-state index contributed by atoms with van der Waals surface area (Å²) in [6, 6.07) is 72.4. The van der Waals surface area contributed by atoms with E-state index in [1.165, 1.54) is 88.6 Å². The van der Waals surface area contributed by atoms with Gasteiger partial charge in [0.1, 0.15) is 0 Å². The summed E-state index contributed by atoms with van der Waals surface area (Å²) in [6.45, 7) is 4.00. The molecule has 9 aromatic rings.